The molecule has 0 N–H and O–H groups in total. The van der Waals surface area contributed by atoms with Crippen molar-refractivity contribution in [2.75, 3.05) is 11.4 Å². The van der Waals surface area contributed by atoms with Gasteiger partial charge >= 0.3 is 0 Å². The topological polar surface area (TPSA) is 16.1 Å². The molecule has 1 aromatic rings. The van der Waals surface area contributed by atoms with Gasteiger partial charge in [-0.25, -0.2) is 0 Å². The van der Waals surface area contributed by atoms with Gasteiger partial charge in [0.1, 0.15) is 0 Å². The summed E-state index contributed by atoms with van der Waals surface area (Å²) in [4.78, 5) is 6.63. The average Bonchev–Trinajstić information content (AvgIpc) is 2.05. The van der Waals surface area contributed by atoms with Gasteiger partial charge in [0.15, 0.2) is 0 Å². The van der Waals surface area contributed by atoms with Crippen LogP contribution in [0.4, 0.5) is 5.69 Å². The lowest BCUT2D eigenvalue weighted by Gasteiger charge is -2.32. The Balaban J connectivity index is 2.37. The number of nitrogens with zero attached hydrogens (tertiary/aromatic N) is 2. The molecule has 3 aliphatic rings. The van der Waals surface area contributed by atoms with E-state index in [1.807, 2.05) is 6.20 Å². The number of pyridine rings is 1. The molecule has 0 spiro atoms. The smallest absolute Gasteiger partial charge is 0.0632 e. The van der Waals surface area contributed by atoms with Gasteiger partial charge in [-0.2, -0.15) is 0 Å². The summed E-state index contributed by atoms with van der Waals surface area (Å²) in [6, 6.07) is 2.17. The van der Waals surface area contributed by atoms with Crippen LogP contribution in [0.2, 0.25) is 0 Å². The van der Waals surface area contributed by atoms with Crippen molar-refractivity contribution in [1.29, 1.82) is 0 Å². The van der Waals surface area contributed by atoms with Gasteiger partial charge in [0, 0.05) is 12.1 Å². The third kappa shape index (κ3) is 0.589. The Labute approximate surface area is 65.2 Å². The SMILES string of the molecule is C1=Cc2cc3ncc2N(C1)C3. The molecule has 0 radical (unpaired) electrons. The van der Waals surface area contributed by atoms with E-state index in [0.29, 0.717) is 0 Å². The van der Waals surface area contributed by atoms with Crippen LogP contribution in [0.25, 0.3) is 6.08 Å². The third-order valence-corrected chi connectivity index (χ3v) is 2.29. The molecule has 0 aromatic carbocycles. The highest BCUT2D eigenvalue weighted by atomic mass is 15.2. The van der Waals surface area contributed by atoms with Crippen molar-refractivity contribution in [2.45, 2.75) is 6.54 Å². The molecule has 4 bridgehead atoms. The van der Waals surface area contributed by atoms with E-state index >= 15 is 0 Å². The Kier molecular flexibility index (Phi) is 0.799. The Hall–Kier alpha value is -1.31. The maximum Gasteiger partial charge on any atom is 0.0632 e. The van der Waals surface area contributed by atoms with Gasteiger partial charge < -0.3 is 4.90 Å². The highest BCUT2D eigenvalue weighted by Gasteiger charge is 2.19. The van der Waals surface area contributed by atoms with Gasteiger partial charge in [0.25, 0.3) is 0 Å². The lowest BCUT2D eigenvalue weighted by atomic mass is 10.0. The first kappa shape index (κ1) is 5.35. The first-order valence-electron chi connectivity index (χ1n) is 3.84. The molecular formula is C9H8N2. The second kappa shape index (κ2) is 1.64. The molecule has 11 heavy (non-hydrogen) atoms. The van der Waals surface area contributed by atoms with E-state index in [-0.39, 0.29) is 0 Å². The van der Waals surface area contributed by atoms with E-state index in [0.717, 1.165) is 13.1 Å². The lowest BCUT2D eigenvalue weighted by molar-refractivity contribution is 0.794. The average molecular weight is 144 g/mol. The van der Waals surface area contributed by atoms with Crippen molar-refractivity contribution in [3.63, 3.8) is 0 Å². The Morgan fingerprint density at radius 3 is 3.18 bits per heavy atom. The van der Waals surface area contributed by atoms with Crippen molar-refractivity contribution in [1.82, 2.24) is 4.98 Å². The van der Waals surface area contributed by atoms with Gasteiger partial charge in [0.2, 0.25) is 0 Å². The van der Waals surface area contributed by atoms with Crippen LogP contribution in [0.1, 0.15) is 11.3 Å². The third-order valence-electron chi connectivity index (χ3n) is 2.29. The van der Waals surface area contributed by atoms with Crippen molar-refractivity contribution in [3.8, 4) is 0 Å². The number of fused-ring (bicyclic) bond motifs is 1. The van der Waals surface area contributed by atoms with Crippen molar-refractivity contribution in [2.24, 2.45) is 0 Å². The predicted molar refractivity (Wildman–Crippen MR) is 44.3 cm³/mol. The standard InChI is InChI=1S/C9H8N2/c1-2-7-4-8-6-11(3-1)9(7)5-10-8/h1-2,4-5H,3,6H2. The zero-order valence-corrected chi connectivity index (χ0v) is 6.12. The monoisotopic (exact) mass is 144 g/mol. The highest BCUT2D eigenvalue weighted by Crippen LogP contribution is 2.31. The molecule has 4 rings (SSSR count). The molecule has 2 heteroatoms. The molecule has 0 fully saturated rings. The zero-order valence-electron chi connectivity index (χ0n) is 6.12. The largest absolute Gasteiger partial charge is 0.360 e. The van der Waals surface area contributed by atoms with Crippen LogP contribution in [0.5, 0.6) is 0 Å². The van der Waals surface area contributed by atoms with E-state index in [1.165, 1.54) is 16.9 Å². The van der Waals surface area contributed by atoms with Crippen LogP contribution in [0, 0.1) is 0 Å². The minimum absolute atomic E-state index is 1.000. The molecule has 2 nitrogen and oxygen atoms in total. The number of anilines is 1. The number of aromatic nitrogens is 1. The second-order valence-electron chi connectivity index (χ2n) is 3.02. The summed E-state index contributed by atoms with van der Waals surface area (Å²) in [6.07, 6.45) is 6.35. The quantitative estimate of drug-likeness (QED) is 0.547. The summed E-state index contributed by atoms with van der Waals surface area (Å²) in [7, 11) is 0. The van der Waals surface area contributed by atoms with Crippen LogP contribution < -0.4 is 4.90 Å². The molecule has 3 aliphatic heterocycles. The summed E-state index contributed by atoms with van der Waals surface area (Å²) in [5, 5.41) is 0. The van der Waals surface area contributed by atoms with Gasteiger partial charge in [-0.1, -0.05) is 12.2 Å². The van der Waals surface area contributed by atoms with E-state index in [1.54, 1.807) is 0 Å². The van der Waals surface area contributed by atoms with Crippen LogP contribution in [0.3, 0.4) is 0 Å². The summed E-state index contributed by atoms with van der Waals surface area (Å²) < 4.78 is 0. The van der Waals surface area contributed by atoms with Crippen LogP contribution >= 0.6 is 0 Å². The van der Waals surface area contributed by atoms with E-state index < -0.39 is 0 Å². The lowest BCUT2D eigenvalue weighted by Crippen LogP contribution is -2.30. The van der Waals surface area contributed by atoms with E-state index in [9.17, 15) is 0 Å². The first-order chi connectivity index (χ1) is 5.43. The Bertz CT molecular complexity index is 341. The summed E-state index contributed by atoms with van der Waals surface area (Å²) in [6.45, 7) is 2.04. The molecule has 0 aliphatic carbocycles. The minimum Gasteiger partial charge on any atom is -0.360 e. The number of hydrogen-bond donors (Lipinski definition) is 0. The molecule has 54 valence electrons. The van der Waals surface area contributed by atoms with Crippen LogP contribution in [-0.4, -0.2) is 11.5 Å². The molecular weight excluding hydrogens is 136 g/mol. The predicted octanol–water partition coefficient (Wildman–Crippen LogP) is 1.43. The highest BCUT2D eigenvalue weighted by molar-refractivity contribution is 5.72. The molecule has 0 amide bonds. The van der Waals surface area contributed by atoms with E-state index in [2.05, 4.69) is 28.1 Å². The van der Waals surface area contributed by atoms with Crippen LogP contribution in [0.15, 0.2) is 18.3 Å². The number of rotatable bonds is 0. The maximum atomic E-state index is 4.28. The van der Waals surface area contributed by atoms with Crippen molar-refractivity contribution in [3.05, 3.63) is 29.6 Å². The van der Waals surface area contributed by atoms with Crippen molar-refractivity contribution < 1.29 is 0 Å². The summed E-state index contributed by atoms with van der Waals surface area (Å²) in [5.41, 5.74) is 3.81. The maximum absolute atomic E-state index is 4.28. The molecule has 0 saturated heterocycles. The Morgan fingerprint density at radius 2 is 2.45 bits per heavy atom. The fraction of sp³-hybridized carbons (Fsp3) is 0.222. The Morgan fingerprint density at radius 1 is 1.45 bits per heavy atom. The fourth-order valence-corrected chi connectivity index (χ4v) is 1.74. The van der Waals surface area contributed by atoms with Crippen molar-refractivity contribution >= 4 is 11.8 Å². The van der Waals surface area contributed by atoms with Gasteiger partial charge in [-0.05, 0) is 6.07 Å². The molecule has 0 atom stereocenters. The summed E-state index contributed by atoms with van der Waals surface area (Å²) in [5.74, 6) is 0. The normalized spacial score (nSPS) is 17.6. The first-order valence-corrected chi connectivity index (χ1v) is 3.84. The van der Waals surface area contributed by atoms with Gasteiger partial charge in [-0.3, -0.25) is 4.98 Å². The van der Waals surface area contributed by atoms with Gasteiger partial charge in [0.05, 0.1) is 24.1 Å². The van der Waals surface area contributed by atoms with Crippen LogP contribution in [-0.2, 0) is 6.54 Å². The summed E-state index contributed by atoms with van der Waals surface area (Å²) >= 11 is 0. The minimum atomic E-state index is 1.000. The van der Waals surface area contributed by atoms with Gasteiger partial charge in [-0.15, -0.1) is 0 Å². The molecule has 0 unspecified atom stereocenters. The second-order valence-corrected chi connectivity index (χ2v) is 3.02. The molecule has 0 saturated carbocycles. The van der Waals surface area contributed by atoms with E-state index in [4.69, 9.17) is 0 Å². The zero-order chi connectivity index (χ0) is 7.26. The fourth-order valence-electron chi connectivity index (χ4n) is 1.74. The molecule has 1 aromatic heterocycles. The number of hydrogen-bond acceptors (Lipinski definition) is 2. The molecule has 4 heterocycles.